The van der Waals surface area contributed by atoms with Crippen molar-refractivity contribution in [3.05, 3.63) is 24.0 Å². The fourth-order valence-corrected chi connectivity index (χ4v) is 3.21. The van der Waals surface area contributed by atoms with Crippen LogP contribution < -0.4 is 15.4 Å². The Morgan fingerprint density at radius 2 is 2.19 bits per heavy atom. The lowest BCUT2D eigenvalue weighted by Crippen LogP contribution is -2.37. The molecule has 0 spiro atoms. The monoisotopic (exact) mass is 378 g/mol. The first-order chi connectivity index (χ1) is 12.3. The summed E-state index contributed by atoms with van der Waals surface area (Å²) in [6.07, 6.45) is 4.16. The number of amides is 1. The summed E-state index contributed by atoms with van der Waals surface area (Å²) in [4.78, 5) is 12.5. The van der Waals surface area contributed by atoms with E-state index in [1.165, 1.54) is 0 Å². The topological polar surface area (TPSA) is 94.0 Å². The third-order valence-electron chi connectivity index (χ3n) is 4.78. The summed E-state index contributed by atoms with van der Waals surface area (Å²) in [6, 6.07) is 5.55. The van der Waals surface area contributed by atoms with Crippen molar-refractivity contribution in [1.82, 2.24) is 25.5 Å². The van der Waals surface area contributed by atoms with E-state index in [9.17, 15) is 4.79 Å². The molecule has 140 valence electrons. The van der Waals surface area contributed by atoms with Gasteiger partial charge in [0.2, 0.25) is 5.91 Å². The maximum atomic E-state index is 12.5. The van der Waals surface area contributed by atoms with Crippen LogP contribution in [0.2, 0.25) is 0 Å². The van der Waals surface area contributed by atoms with Gasteiger partial charge in [-0.05, 0) is 60.9 Å². The van der Waals surface area contributed by atoms with E-state index < -0.39 is 0 Å². The minimum absolute atomic E-state index is 0. The predicted octanol–water partition coefficient (Wildman–Crippen LogP) is 1.91. The SMILES string of the molecule is COc1ccc(NC(=O)C2CCCNC2)cc1-n1nnnc1C1CC1.Cl. The number of methoxy groups -OCH3 is 1. The molecule has 2 aromatic rings. The highest BCUT2D eigenvalue weighted by molar-refractivity contribution is 5.93. The van der Waals surface area contributed by atoms with Crippen molar-refractivity contribution < 1.29 is 9.53 Å². The van der Waals surface area contributed by atoms with Crippen LogP contribution in [-0.4, -0.2) is 46.3 Å². The number of benzene rings is 1. The molecule has 1 saturated carbocycles. The second kappa shape index (κ2) is 8.01. The highest BCUT2D eigenvalue weighted by Gasteiger charge is 2.31. The summed E-state index contributed by atoms with van der Waals surface area (Å²) in [5, 5.41) is 18.4. The van der Waals surface area contributed by atoms with Gasteiger partial charge in [-0.1, -0.05) is 0 Å². The van der Waals surface area contributed by atoms with Crippen LogP contribution in [0.4, 0.5) is 5.69 Å². The molecule has 26 heavy (non-hydrogen) atoms. The molecule has 0 bridgehead atoms. The lowest BCUT2D eigenvalue weighted by Gasteiger charge is -2.22. The average molecular weight is 379 g/mol. The van der Waals surface area contributed by atoms with Gasteiger partial charge in [-0.3, -0.25) is 4.79 Å². The average Bonchev–Trinajstić information content (AvgIpc) is 3.39. The maximum absolute atomic E-state index is 12.5. The second-order valence-electron chi connectivity index (χ2n) is 6.64. The van der Waals surface area contributed by atoms with E-state index in [0.29, 0.717) is 11.7 Å². The number of halogens is 1. The molecule has 9 heteroatoms. The molecule has 2 aliphatic rings. The van der Waals surface area contributed by atoms with Crippen molar-refractivity contribution in [3.8, 4) is 11.4 Å². The van der Waals surface area contributed by atoms with Gasteiger partial charge in [0.15, 0.2) is 5.82 Å². The number of rotatable bonds is 5. The van der Waals surface area contributed by atoms with Crippen LogP contribution in [-0.2, 0) is 4.79 Å². The number of nitrogens with one attached hydrogen (secondary N) is 2. The summed E-state index contributed by atoms with van der Waals surface area (Å²) in [7, 11) is 1.62. The minimum Gasteiger partial charge on any atom is -0.494 e. The number of ether oxygens (including phenoxy) is 1. The van der Waals surface area contributed by atoms with Crippen molar-refractivity contribution in [2.45, 2.75) is 31.6 Å². The smallest absolute Gasteiger partial charge is 0.228 e. The Balaban J connectivity index is 0.00000196. The maximum Gasteiger partial charge on any atom is 0.228 e. The highest BCUT2D eigenvalue weighted by atomic mass is 35.5. The lowest BCUT2D eigenvalue weighted by molar-refractivity contribution is -0.120. The van der Waals surface area contributed by atoms with Crippen LogP contribution in [0.1, 0.15) is 37.4 Å². The molecule has 0 radical (unpaired) electrons. The Labute approximate surface area is 158 Å². The first-order valence-electron chi connectivity index (χ1n) is 8.74. The van der Waals surface area contributed by atoms with E-state index in [0.717, 1.165) is 56.0 Å². The number of hydrogen-bond acceptors (Lipinski definition) is 6. The summed E-state index contributed by atoms with van der Waals surface area (Å²) in [5.74, 6) is 1.98. The van der Waals surface area contributed by atoms with E-state index in [1.807, 2.05) is 18.2 Å². The molecule has 2 N–H and O–H groups in total. The number of tetrazole rings is 1. The van der Waals surface area contributed by atoms with E-state index in [-0.39, 0.29) is 24.2 Å². The van der Waals surface area contributed by atoms with E-state index >= 15 is 0 Å². The fourth-order valence-electron chi connectivity index (χ4n) is 3.21. The summed E-state index contributed by atoms with van der Waals surface area (Å²) in [5.41, 5.74) is 1.47. The van der Waals surface area contributed by atoms with Crippen LogP contribution in [0, 0.1) is 5.92 Å². The molecule has 1 saturated heterocycles. The standard InChI is InChI=1S/C17H22N6O2.ClH/c1-25-15-7-6-13(19-17(24)12-3-2-8-18-10-12)9-14(15)23-16(11-4-5-11)20-21-22-23;/h6-7,9,11-12,18H,2-5,8,10H2,1H3,(H,19,24);1H. The molecule has 1 amide bonds. The van der Waals surface area contributed by atoms with Crippen molar-refractivity contribution in [2.24, 2.45) is 5.92 Å². The van der Waals surface area contributed by atoms with Crippen molar-refractivity contribution >= 4 is 24.0 Å². The Morgan fingerprint density at radius 1 is 1.35 bits per heavy atom. The van der Waals surface area contributed by atoms with Gasteiger partial charge >= 0.3 is 0 Å². The molecule has 1 aromatic heterocycles. The first kappa shape index (κ1) is 18.6. The normalized spacial score (nSPS) is 19.5. The largest absolute Gasteiger partial charge is 0.494 e. The van der Waals surface area contributed by atoms with Gasteiger partial charge in [-0.25, -0.2) is 0 Å². The predicted molar refractivity (Wildman–Crippen MR) is 99.2 cm³/mol. The van der Waals surface area contributed by atoms with E-state index in [1.54, 1.807) is 11.8 Å². The molecule has 1 atom stereocenters. The van der Waals surface area contributed by atoms with Crippen LogP contribution in [0.3, 0.4) is 0 Å². The van der Waals surface area contributed by atoms with Crippen LogP contribution in [0.25, 0.3) is 5.69 Å². The molecule has 1 unspecified atom stereocenters. The molecular formula is C17H23ClN6O2. The number of carbonyl (C=O) groups excluding carboxylic acids is 1. The molecule has 4 rings (SSSR count). The fraction of sp³-hybridized carbons (Fsp3) is 0.529. The van der Waals surface area contributed by atoms with E-state index in [4.69, 9.17) is 4.74 Å². The number of nitrogens with zero attached hydrogens (tertiary/aromatic N) is 4. The van der Waals surface area contributed by atoms with Gasteiger partial charge in [-0.15, -0.1) is 17.5 Å². The van der Waals surface area contributed by atoms with Gasteiger partial charge in [0, 0.05) is 18.2 Å². The number of hydrogen-bond donors (Lipinski definition) is 2. The third kappa shape index (κ3) is 3.81. The number of aromatic nitrogens is 4. The Bertz CT molecular complexity index is 770. The van der Waals surface area contributed by atoms with Gasteiger partial charge in [0.05, 0.1) is 13.0 Å². The number of piperidine rings is 1. The van der Waals surface area contributed by atoms with Crippen LogP contribution in [0.5, 0.6) is 5.75 Å². The lowest BCUT2D eigenvalue weighted by atomic mass is 9.99. The Morgan fingerprint density at radius 3 is 2.88 bits per heavy atom. The number of anilines is 1. The van der Waals surface area contributed by atoms with Crippen molar-refractivity contribution in [3.63, 3.8) is 0 Å². The molecule has 8 nitrogen and oxygen atoms in total. The zero-order chi connectivity index (χ0) is 17.2. The third-order valence-corrected chi connectivity index (χ3v) is 4.78. The van der Waals surface area contributed by atoms with Gasteiger partial charge in [-0.2, -0.15) is 4.68 Å². The minimum atomic E-state index is 0. The molecule has 1 aromatic carbocycles. The Hall–Kier alpha value is -2.19. The molecular weight excluding hydrogens is 356 g/mol. The van der Waals surface area contributed by atoms with Crippen molar-refractivity contribution in [2.75, 3.05) is 25.5 Å². The van der Waals surface area contributed by atoms with Gasteiger partial charge < -0.3 is 15.4 Å². The first-order valence-corrected chi connectivity index (χ1v) is 8.74. The molecule has 2 fully saturated rings. The van der Waals surface area contributed by atoms with Crippen molar-refractivity contribution in [1.29, 1.82) is 0 Å². The number of carbonyl (C=O) groups is 1. The summed E-state index contributed by atoms with van der Waals surface area (Å²) < 4.78 is 7.18. The van der Waals surface area contributed by atoms with Gasteiger partial charge in [0.1, 0.15) is 11.4 Å². The molecule has 1 aliphatic carbocycles. The van der Waals surface area contributed by atoms with Crippen LogP contribution in [0.15, 0.2) is 18.2 Å². The van der Waals surface area contributed by atoms with E-state index in [2.05, 4.69) is 26.2 Å². The zero-order valence-electron chi connectivity index (χ0n) is 14.6. The zero-order valence-corrected chi connectivity index (χ0v) is 15.5. The quantitative estimate of drug-likeness (QED) is 0.825. The van der Waals surface area contributed by atoms with Gasteiger partial charge in [0.25, 0.3) is 0 Å². The Kier molecular flexibility index (Phi) is 5.73. The second-order valence-corrected chi connectivity index (χ2v) is 6.64. The molecule has 2 heterocycles. The van der Waals surface area contributed by atoms with Crippen LogP contribution >= 0.6 is 12.4 Å². The summed E-state index contributed by atoms with van der Waals surface area (Å²) >= 11 is 0. The highest BCUT2D eigenvalue weighted by Crippen LogP contribution is 2.40. The molecule has 1 aliphatic heterocycles. The summed E-state index contributed by atoms with van der Waals surface area (Å²) in [6.45, 7) is 1.72.